The average Bonchev–Trinajstić information content (AvgIpc) is 3.26. The predicted molar refractivity (Wildman–Crippen MR) is 98.2 cm³/mol. The summed E-state index contributed by atoms with van der Waals surface area (Å²) in [7, 11) is 1.32. The fourth-order valence-corrected chi connectivity index (χ4v) is 4.03. The van der Waals surface area contributed by atoms with Gasteiger partial charge in [0.1, 0.15) is 0 Å². The highest BCUT2D eigenvalue weighted by atomic mass is 32.2. The fourth-order valence-electron chi connectivity index (χ4n) is 2.45. The monoisotopic (exact) mass is 392 g/mol. The maximum absolute atomic E-state index is 12.4. The highest BCUT2D eigenvalue weighted by Crippen LogP contribution is 2.28. The molecule has 10 heteroatoms. The standard InChI is InChI=1S/C16H16N4O4S2/c1-24-13(22)9-25-16-19-18-15(26-16)17-14(23)10-7-12(21)20(8-10)11-5-3-2-4-6-11/h2-6,10H,7-9H2,1H3,(H,17,18,23)/t10-/m0/s1. The second-order valence-electron chi connectivity index (χ2n) is 5.47. The molecule has 2 aromatic rings. The maximum Gasteiger partial charge on any atom is 0.316 e. The van der Waals surface area contributed by atoms with Gasteiger partial charge in [0.05, 0.1) is 18.8 Å². The van der Waals surface area contributed by atoms with Crippen LogP contribution in [-0.4, -0.2) is 47.4 Å². The number of carbonyl (C=O) groups excluding carboxylic acids is 3. The zero-order valence-electron chi connectivity index (χ0n) is 13.9. The van der Waals surface area contributed by atoms with Gasteiger partial charge in [0.2, 0.25) is 16.9 Å². The molecule has 3 rings (SSSR count). The molecule has 0 bridgehead atoms. The van der Waals surface area contributed by atoms with Gasteiger partial charge in [-0.1, -0.05) is 41.3 Å². The third-order valence-electron chi connectivity index (χ3n) is 3.74. The summed E-state index contributed by atoms with van der Waals surface area (Å²) in [5.74, 6) is -1.03. The number of methoxy groups -OCH3 is 1. The second-order valence-corrected chi connectivity index (χ2v) is 7.67. The number of thioether (sulfide) groups is 1. The molecule has 2 heterocycles. The molecular weight excluding hydrogens is 376 g/mol. The van der Waals surface area contributed by atoms with Crippen LogP contribution in [0.25, 0.3) is 0 Å². The van der Waals surface area contributed by atoms with Crippen molar-refractivity contribution >= 4 is 51.7 Å². The van der Waals surface area contributed by atoms with Crippen molar-refractivity contribution < 1.29 is 19.1 Å². The fraction of sp³-hybridized carbons (Fsp3) is 0.312. The van der Waals surface area contributed by atoms with Gasteiger partial charge in [-0.2, -0.15) is 0 Å². The summed E-state index contributed by atoms with van der Waals surface area (Å²) in [5, 5.41) is 10.8. The molecule has 0 saturated carbocycles. The van der Waals surface area contributed by atoms with Crippen molar-refractivity contribution in [3.8, 4) is 0 Å². The van der Waals surface area contributed by atoms with E-state index in [2.05, 4.69) is 20.3 Å². The van der Waals surface area contributed by atoms with E-state index in [-0.39, 0.29) is 30.0 Å². The molecule has 1 N–H and O–H groups in total. The molecule has 1 aliphatic rings. The Morgan fingerprint density at radius 3 is 2.85 bits per heavy atom. The lowest BCUT2D eigenvalue weighted by Gasteiger charge is -2.16. The van der Waals surface area contributed by atoms with E-state index in [0.717, 1.165) is 5.69 Å². The number of anilines is 2. The summed E-state index contributed by atoms with van der Waals surface area (Å²) in [4.78, 5) is 37.4. The lowest BCUT2D eigenvalue weighted by molar-refractivity contribution is -0.137. The van der Waals surface area contributed by atoms with Crippen molar-refractivity contribution in [3.63, 3.8) is 0 Å². The quantitative estimate of drug-likeness (QED) is 0.454. The Morgan fingerprint density at radius 2 is 2.12 bits per heavy atom. The molecular formula is C16H16N4O4S2. The summed E-state index contributed by atoms with van der Waals surface area (Å²) in [6.45, 7) is 0.331. The number of esters is 1. The van der Waals surface area contributed by atoms with Gasteiger partial charge in [0, 0.05) is 18.7 Å². The molecule has 8 nitrogen and oxygen atoms in total. The van der Waals surface area contributed by atoms with Gasteiger partial charge in [-0.15, -0.1) is 10.2 Å². The van der Waals surface area contributed by atoms with Crippen LogP contribution < -0.4 is 10.2 Å². The number of aromatic nitrogens is 2. The Morgan fingerprint density at radius 1 is 1.35 bits per heavy atom. The summed E-state index contributed by atoms with van der Waals surface area (Å²) in [6, 6.07) is 9.26. The number of hydrogen-bond acceptors (Lipinski definition) is 8. The van der Waals surface area contributed by atoms with E-state index in [0.29, 0.717) is 16.0 Å². The first kappa shape index (κ1) is 18.3. The number of rotatable bonds is 6. The van der Waals surface area contributed by atoms with Gasteiger partial charge in [-0.3, -0.25) is 14.4 Å². The highest BCUT2D eigenvalue weighted by molar-refractivity contribution is 8.01. The molecule has 0 unspecified atom stereocenters. The lowest BCUT2D eigenvalue weighted by Crippen LogP contribution is -2.28. The van der Waals surface area contributed by atoms with Crippen molar-refractivity contribution in [1.29, 1.82) is 0 Å². The van der Waals surface area contributed by atoms with Gasteiger partial charge in [0.15, 0.2) is 4.34 Å². The molecule has 0 radical (unpaired) electrons. The smallest absolute Gasteiger partial charge is 0.316 e. The minimum Gasteiger partial charge on any atom is -0.468 e. The van der Waals surface area contributed by atoms with E-state index in [1.54, 1.807) is 4.90 Å². The van der Waals surface area contributed by atoms with Crippen LogP contribution >= 0.6 is 23.1 Å². The number of ether oxygens (including phenoxy) is 1. The predicted octanol–water partition coefficient (Wildman–Crippen LogP) is 1.79. The summed E-state index contributed by atoms with van der Waals surface area (Å²) >= 11 is 2.36. The van der Waals surface area contributed by atoms with Crippen LogP contribution in [0.4, 0.5) is 10.8 Å². The van der Waals surface area contributed by atoms with Crippen LogP contribution in [0.3, 0.4) is 0 Å². The van der Waals surface area contributed by atoms with Crippen LogP contribution in [0.5, 0.6) is 0 Å². The topological polar surface area (TPSA) is 101 Å². The van der Waals surface area contributed by atoms with Crippen LogP contribution in [-0.2, 0) is 19.1 Å². The highest BCUT2D eigenvalue weighted by Gasteiger charge is 2.35. The number of carbonyl (C=O) groups is 3. The maximum atomic E-state index is 12.4. The molecule has 2 amide bonds. The Kier molecular flexibility index (Phi) is 5.84. The molecule has 0 spiro atoms. The minimum atomic E-state index is -0.447. The van der Waals surface area contributed by atoms with Gasteiger partial charge in [-0.05, 0) is 12.1 Å². The van der Waals surface area contributed by atoms with Crippen molar-refractivity contribution in [2.75, 3.05) is 29.6 Å². The number of nitrogens with one attached hydrogen (secondary N) is 1. The van der Waals surface area contributed by atoms with E-state index < -0.39 is 5.92 Å². The van der Waals surface area contributed by atoms with E-state index >= 15 is 0 Å². The molecule has 1 fully saturated rings. The first-order valence-electron chi connectivity index (χ1n) is 7.76. The van der Waals surface area contributed by atoms with Crippen molar-refractivity contribution in [3.05, 3.63) is 30.3 Å². The number of para-hydroxylation sites is 1. The zero-order chi connectivity index (χ0) is 18.5. The summed E-state index contributed by atoms with van der Waals surface area (Å²) in [6.07, 6.45) is 0.156. The van der Waals surface area contributed by atoms with Crippen LogP contribution in [0.15, 0.2) is 34.7 Å². The van der Waals surface area contributed by atoms with Gasteiger partial charge in [0.25, 0.3) is 0 Å². The van der Waals surface area contributed by atoms with Crippen LogP contribution in [0.2, 0.25) is 0 Å². The third-order valence-corrected chi connectivity index (χ3v) is 5.69. The molecule has 0 aliphatic carbocycles. The molecule has 1 aromatic carbocycles. The normalized spacial score (nSPS) is 16.6. The van der Waals surface area contributed by atoms with E-state index in [4.69, 9.17) is 0 Å². The van der Waals surface area contributed by atoms with Crippen molar-refractivity contribution in [2.45, 2.75) is 10.8 Å². The minimum absolute atomic E-state index is 0.0806. The molecule has 1 atom stereocenters. The van der Waals surface area contributed by atoms with E-state index in [9.17, 15) is 14.4 Å². The molecule has 1 saturated heterocycles. The number of amides is 2. The van der Waals surface area contributed by atoms with E-state index in [1.807, 2.05) is 30.3 Å². The van der Waals surface area contributed by atoms with Crippen molar-refractivity contribution in [2.24, 2.45) is 5.92 Å². The molecule has 26 heavy (non-hydrogen) atoms. The SMILES string of the molecule is COC(=O)CSc1nnc(NC(=O)[C@H]2CC(=O)N(c3ccccc3)C2)s1. The van der Waals surface area contributed by atoms with Crippen LogP contribution in [0.1, 0.15) is 6.42 Å². The largest absolute Gasteiger partial charge is 0.468 e. The molecule has 1 aliphatic heterocycles. The Bertz CT molecular complexity index is 812. The Labute approximate surface area is 157 Å². The summed E-state index contributed by atoms with van der Waals surface area (Å²) in [5.41, 5.74) is 0.783. The number of benzene rings is 1. The van der Waals surface area contributed by atoms with Gasteiger partial charge in [-0.25, -0.2) is 0 Å². The number of hydrogen-bond donors (Lipinski definition) is 1. The Hall–Kier alpha value is -2.46. The zero-order valence-corrected chi connectivity index (χ0v) is 15.5. The average molecular weight is 392 g/mol. The lowest BCUT2D eigenvalue weighted by atomic mass is 10.1. The van der Waals surface area contributed by atoms with E-state index in [1.165, 1.54) is 30.2 Å². The first-order valence-corrected chi connectivity index (χ1v) is 9.56. The molecule has 1 aromatic heterocycles. The van der Waals surface area contributed by atoms with Gasteiger partial charge >= 0.3 is 5.97 Å². The summed E-state index contributed by atoms with van der Waals surface area (Å²) < 4.78 is 5.11. The number of nitrogens with zero attached hydrogens (tertiary/aromatic N) is 3. The third kappa shape index (κ3) is 4.38. The van der Waals surface area contributed by atoms with Crippen molar-refractivity contribution in [1.82, 2.24) is 10.2 Å². The first-order chi connectivity index (χ1) is 12.6. The Balaban J connectivity index is 1.56. The van der Waals surface area contributed by atoms with Crippen LogP contribution in [0, 0.1) is 5.92 Å². The second kappa shape index (κ2) is 8.28. The molecule has 136 valence electrons. The van der Waals surface area contributed by atoms with Gasteiger partial charge < -0.3 is 15.0 Å².